The number of aryl methyl sites for hydroxylation is 1. The van der Waals surface area contributed by atoms with Gasteiger partial charge in [-0.2, -0.15) is 5.10 Å². The highest BCUT2D eigenvalue weighted by atomic mass is 31.1. The van der Waals surface area contributed by atoms with Crippen molar-refractivity contribution in [1.82, 2.24) is 19.7 Å². The number of fused-ring (bicyclic) bond motifs is 1. The van der Waals surface area contributed by atoms with Crippen LogP contribution in [0.2, 0.25) is 0 Å². The van der Waals surface area contributed by atoms with Gasteiger partial charge in [-0.3, -0.25) is 4.79 Å². The molecule has 0 bridgehead atoms. The second kappa shape index (κ2) is 10.4. The number of nitrogens with two attached hydrogens (primary N) is 1. The normalized spacial score (nSPS) is 14.2. The van der Waals surface area contributed by atoms with Crippen molar-refractivity contribution >= 4 is 25.5 Å². The summed E-state index contributed by atoms with van der Waals surface area (Å²) in [5.41, 5.74) is 7.54. The van der Waals surface area contributed by atoms with Crippen molar-refractivity contribution < 1.29 is 23.4 Å². The van der Waals surface area contributed by atoms with E-state index in [9.17, 15) is 9.36 Å². The summed E-state index contributed by atoms with van der Waals surface area (Å²) in [5.74, 6) is -0.0623. The number of rotatable bonds is 11. The summed E-state index contributed by atoms with van der Waals surface area (Å²) in [6.45, 7) is 5.18. The number of esters is 1. The van der Waals surface area contributed by atoms with Crippen LogP contribution in [-0.2, 0) is 29.8 Å². The second-order valence-corrected chi connectivity index (χ2v) is 7.58. The van der Waals surface area contributed by atoms with Crippen molar-refractivity contribution in [3.63, 3.8) is 0 Å². The summed E-state index contributed by atoms with van der Waals surface area (Å²) in [6.07, 6.45) is 2.18. The van der Waals surface area contributed by atoms with Gasteiger partial charge in [0.2, 0.25) is 0 Å². The van der Waals surface area contributed by atoms with E-state index in [2.05, 4.69) is 15.2 Å². The number of anilines is 1. The van der Waals surface area contributed by atoms with Crippen LogP contribution in [0.25, 0.3) is 5.52 Å². The third kappa shape index (κ3) is 6.20. The van der Waals surface area contributed by atoms with Crippen molar-refractivity contribution in [3.8, 4) is 0 Å². The molecular weight excluding hydrogens is 385 g/mol. The first kappa shape index (κ1) is 22.2. The largest absolute Gasteiger partial charge is 0.613 e. The lowest BCUT2D eigenvalue weighted by atomic mass is 10.1. The number of hydrogen-bond acceptors (Lipinski definition) is 8. The smallest absolute Gasteiger partial charge is 0.462 e. The SMILES string of the molecule is COC(CCc1ccc2c(N)ncnn12)CO[P+](=O)N[C@@H](C)C(=O)OC(C)C. The van der Waals surface area contributed by atoms with Crippen LogP contribution in [0.5, 0.6) is 0 Å². The van der Waals surface area contributed by atoms with E-state index in [4.69, 9.17) is 19.7 Å². The first-order valence-electron chi connectivity index (χ1n) is 8.98. The topological polar surface area (TPSA) is 130 Å². The van der Waals surface area contributed by atoms with Crippen LogP contribution in [-0.4, -0.2) is 52.5 Å². The number of methoxy groups -OCH3 is 1. The second-order valence-electron chi connectivity index (χ2n) is 6.55. The Hall–Kier alpha value is -2.13. The van der Waals surface area contributed by atoms with Gasteiger partial charge in [0.1, 0.15) is 24.5 Å². The average Bonchev–Trinajstić information content (AvgIpc) is 3.05. The Labute approximate surface area is 164 Å². The van der Waals surface area contributed by atoms with Gasteiger partial charge in [0.25, 0.3) is 0 Å². The molecule has 0 saturated carbocycles. The lowest BCUT2D eigenvalue weighted by molar-refractivity contribution is -0.149. The summed E-state index contributed by atoms with van der Waals surface area (Å²) < 4.78 is 29.5. The Morgan fingerprint density at radius 3 is 2.79 bits per heavy atom. The van der Waals surface area contributed by atoms with E-state index in [0.29, 0.717) is 18.7 Å². The molecule has 0 amide bonds. The molecule has 10 nitrogen and oxygen atoms in total. The monoisotopic (exact) mass is 412 g/mol. The zero-order valence-electron chi connectivity index (χ0n) is 16.5. The van der Waals surface area contributed by atoms with E-state index in [1.165, 1.54) is 6.33 Å². The van der Waals surface area contributed by atoms with Crippen LogP contribution in [0.1, 0.15) is 32.9 Å². The molecule has 2 rings (SSSR count). The summed E-state index contributed by atoms with van der Waals surface area (Å²) in [4.78, 5) is 15.7. The fourth-order valence-corrected chi connectivity index (χ4v) is 3.31. The molecule has 0 fully saturated rings. The van der Waals surface area contributed by atoms with E-state index in [1.807, 2.05) is 12.1 Å². The van der Waals surface area contributed by atoms with Gasteiger partial charge in [0.15, 0.2) is 5.82 Å². The molecule has 2 aromatic rings. The average molecular weight is 412 g/mol. The number of carbonyl (C=O) groups is 1. The number of aromatic nitrogens is 3. The molecule has 2 aromatic heterocycles. The minimum Gasteiger partial charge on any atom is -0.462 e. The molecular formula is C17H27N5O5P+. The fraction of sp³-hybridized carbons (Fsp3) is 0.588. The van der Waals surface area contributed by atoms with E-state index in [0.717, 1.165) is 11.2 Å². The molecule has 0 aliphatic heterocycles. The Balaban J connectivity index is 1.81. The van der Waals surface area contributed by atoms with Crippen molar-refractivity contribution in [3.05, 3.63) is 24.2 Å². The Kier molecular flexibility index (Phi) is 8.25. The highest BCUT2D eigenvalue weighted by Gasteiger charge is 2.29. The molecule has 154 valence electrons. The minimum atomic E-state index is -2.23. The zero-order chi connectivity index (χ0) is 20.7. The maximum absolute atomic E-state index is 12.0. The third-order valence-corrected chi connectivity index (χ3v) is 4.98. The number of hydrogen-bond donors (Lipinski definition) is 2. The molecule has 3 atom stereocenters. The predicted octanol–water partition coefficient (Wildman–Crippen LogP) is 1.86. The summed E-state index contributed by atoms with van der Waals surface area (Å²) in [6, 6.07) is 3.06. The van der Waals surface area contributed by atoms with Gasteiger partial charge in [-0.25, -0.2) is 9.50 Å². The molecule has 11 heteroatoms. The molecule has 0 aliphatic rings. The highest BCUT2D eigenvalue weighted by molar-refractivity contribution is 7.36. The van der Waals surface area contributed by atoms with Crippen molar-refractivity contribution in [1.29, 1.82) is 0 Å². The van der Waals surface area contributed by atoms with E-state index in [1.54, 1.807) is 32.4 Å². The number of carbonyl (C=O) groups excluding carboxylic acids is 1. The van der Waals surface area contributed by atoms with E-state index >= 15 is 0 Å². The summed E-state index contributed by atoms with van der Waals surface area (Å²) >= 11 is 0. The van der Waals surface area contributed by atoms with Crippen molar-refractivity contribution in [2.75, 3.05) is 19.5 Å². The van der Waals surface area contributed by atoms with Crippen molar-refractivity contribution in [2.24, 2.45) is 0 Å². The summed E-state index contributed by atoms with van der Waals surface area (Å²) in [5, 5.41) is 6.79. The Bertz CT molecular complexity index is 812. The van der Waals surface area contributed by atoms with Gasteiger partial charge in [-0.15, -0.1) is 4.52 Å². The predicted molar refractivity (Wildman–Crippen MR) is 104 cm³/mol. The highest BCUT2D eigenvalue weighted by Crippen LogP contribution is 2.21. The summed E-state index contributed by atoms with van der Waals surface area (Å²) in [7, 11) is -0.664. The first-order valence-corrected chi connectivity index (χ1v) is 10.2. The lowest BCUT2D eigenvalue weighted by Gasteiger charge is -2.12. The standard InChI is InChI=1S/C17H27N5O5P/c1-11(2)27-17(23)12(3)21-28(24)26-9-14(25-4)7-5-13-6-8-15-16(18)19-10-20-22(13)15/h6,8,10-12,14H,5,7,9H2,1-4H3,(H,21,24)(H2,18,19,20)/q+1/t12-,14?/m0/s1. The Morgan fingerprint density at radius 2 is 2.11 bits per heavy atom. The molecule has 0 spiro atoms. The van der Waals surface area contributed by atoms with Gasteiger partial charge in [-0.05, 0) is 50.3 Å². The molecule has 0 radical (unpaired) electrons. The van der Waals surface area contributed by atoms with Crippen molar-refractivity contribution in [2.45, 2.75) is 51.9 Å². The first-order chi connectivity index (χ1) is 13.3. The van der Waals surface area contributed by atoms with Crippen LogP contribution in [0, 0.1) is 0 Å². The van der Waals surface area contributed by atoms with Crippen LogP contribution in [0.3, 0.4) is 0 Å². The van der Waals surface area contributed by atoms with Gasteiger partial charge >= 0.3 is 14.1 Å². The quantitative estimate of drug-likeness (QED) is 0.419. The molecule has 0 saturated heterocycles. The number of nitrogens with one attached hydrogen (secondary N) is 1. The number of nitrogen functional groups attached to an aromatic ring is 1. The van der Waals surface area contributed by atoms with Gasteiger partial charge in [0.05, 0.1) is 12.2 Å². The number of nitrogens with zero attached hydrogens (tertiary/aromatic N) is 3. The lowest BCUT2D eigenvalue weighted by Crippen LogP contribution is -2.33. The van der Waals surface area contributed by atoms with Crippen LogP contribution >= 0.6 is 8.18 Å². The maximum Gasteiger partial charge on any atom is 0.613 e. The fourth-order valence-electron chi connectivity index (χ4n) is 2.51. The zero-order valence-corrected chi connectivity index (χ0v) is 17.4. The van der Waals surface area contributed by atoms with Crippen LogP contribution in [0.4, 0.5) is 5.82 Å². The van der Waals surface area contributed by atoms with Crippen LogP contribution in [0.15, 0.2) is 18.5 Å². The Morgan fingerprint density at radius 1 is 1.36 bits per heavy atom. The number of ether oxygens (including phenoxy) is 2. The third-order valence-electron chi connectivity index (χ3n) is 4.00. The van der Waals surface area contributed by atoms with E-state index in [-0.39, 0.29) is 18.8 Å². The van der Waals surface area contributed by atoms with Gasteiger partial charge in [-0.1, -0.05) is 5.09 Å². The van der Waals surface area contributed by atoms with Gasteiger partial charge in [0, 0.05) is 12.8 Å². The minimum absolute atomic E-state index is 0.116. The van der Waals surface area contributed by atoms with E-state index < -0.39 is 20.2 Å². The molecule has 2 heterocycles. The molecule has 2 unspecified atom stereocenters. The molecule has 28 heavy (non-hydrogen) atoms. The molecule has 3 N–H and O–H groups in total. The maximum atomic E-state index is 12.0. The van der Waals surface area contributed by atoms with Crippen LogP contribution < -0.4 is 10.8 Å². The van der Waals surface area contributed by atoms with Gasteiger partial charge < -0.3 is 15.2 Å². The molecule has 0 aromatic carbocycles. The molecule has 0 aliphatic carbocycles.